The molecule has 0 saturated carbocycles. The molecular formula is C14H17BrFNO2. The summed E-state index contributed by atoms with van der Waals surface area (Å²) in [6.07, 6.45) is 0. The third-order valence-corrected chi connectivity index (χ3v) is 4.41. The van der Waals surface area contributed by atoms with Crippen molar-refractivity contribution in [3.05, 3.63) is 34.1 Å². The number of carboxylic acids is 1. The van der Waals surface area contributed by atoms with Crippen LogP contribution in [0.15, 0.2) is 22.7 Å². The van der Waals surface area contributed by atoms with E-state index in [0.717, 1.165) is 5.56 Å². The Morgan fingerprint density at radius 3 is 2.68 bits per heavy atom. The molecule has 1 N–H and O–H groups in total. The molecule has 0 spiro atoms. The topological polar surface area (TPSA) is 40.5 Å². The average molecular weight is 330 g/mol. The zero-order valence-corrected chi connectivity index (χ0v) is 12.5. The van der Waals surface area contributed by atoms with Crippen LogP contribution in [-0.2, 0) is 4.79 Å². The van der Waals surface area contributed by atoms with Crippen molar-refractivity contribution in [2.45, 2.75) is 25.8 Å². The van der Waals surface area contributed by atoms with Crippen LogP contribution in [-0.4, -0.2) is 35.1 Å². The molecule has 0 amide bonds. The molecule has 2 unspecified atom stereocenters. The number of aliphatic carboxylic acids is 1. The van der Waals surface area contributed by atoms with Gasteiger partial charge >= 0.3 is 5.97 Å². The average Bonchev–Trinajstić information content (AvgIpc) is 2.78. The van der Waals surface area contributed by atoms with E-state index >= 15 is 0 Å². The Bertz CT molecular complexity index is 492. The molecule has 0 aromatic heterocycles. The summed E-state index contributed by atoms with van der Waals surface area (Å²) in [6, 6.07) is 5.18. The van der Waals surface area contributed by atoms with Gasteiger partial charge in [0.25, 0.3) is 0 Å². The first kappa shape index (κ1) is 14.5. The van der Waals surface area contributed by atoms with Gasteiger partial charge in [-0.2, -0.15) is 0 Å². The van der Waals surface area contributed by atoms with Crippen LogP contribution < -0.4 is 0 Å². The smallest absolute Gasteiger partial charge is 0.308 e. The zero-order valence-electron chi connectivity index (χ0n) is 10.9. The summed E-state index contributed by atoms with van der Waals surface area (Å²) < 4.78 is 14.0. The molecule has 3 nitrogen and oxygen atoms in total. The Hall–Kier alpha value is -0.940. The Morgan fingerprint density at radius 1 is 1.47 bits per heavy atom. The quantitative estimate of drug-likeness (QED) is 0.926. The minimum atomic E-state index is -0.809. The molecule has 1 aromatic carbocycles. The summed E-state index contributed by atoms with van der Waals surface area (Å²) in [7, 11) is 0. The maximum absolute atomic E-state index is 13.6. The Balaban J connectivity index is 2.30. The largest absolute Gasteiger partial charge is 0.481 e. The van der Waals surface area contributed by atoms with Crippen molar-refractivity contribution in [2.75, 3.05) is 13.1 Å². The van der Waals surface area contributed by atoms with Crippen molar-refractivity contribution < 1.29 is 14.3 Å². The van der Waals surface area contributed by atoms with E-state index in [1.807, 2.05) is 13.8 Å². The van der Waals surface area contributed by atoms with E-state index in [2.05, 4.69) is 20.8 Å². The molecule has 1 aromatic rings. The van der Waals surface area contributed by atoms with E-state index in [0.29, 0.717) is 23.6 Å². The lowest BCUT2D eigenvalue weighted by Gasteiger charge is -2.20. The van der Waals surface area contributed by atoms with Gasteiger partial charge in [0.2, 0.25) is 0 Å². The molecule has 2 rings (SSSR count). The van der Waals surface area contributed by atoms with Gasteiger partial charge in [-0.05, 0) is 47.5 Å². The number of rotatable bonds is 3. The van der Waals surface area contributed by atoms with E-state index in [-0.39, 0.29) is 11.7 Å². The fourth-order valence-electron chi connectivity index (χ4n) is 2.59. The van der Waals surface area contributed by atoms with Gasteiger partial charge in [0.15, 0.2) is 0 Å². The molecule has 0 radical (unpaired) electrons. The van der Waals surface area contributed by atoms with E-state index < -0.39 is 11.9 Å². The van der Waals surface area contributed by atoms with Crippen LogP contribution in [0.3, 0.4) is 0 Å². The summed E-state index contributed by atoms with van der Waals surface area (Å²) in [5.41, 5.74) is 0.760. The molecule has 1 aliphatic heterocycles. The highest BCUT2D eigenvalue weighted by Gasteiger charge is 2.39. The highest BCUT2D eigenvalue weighted by molar-refractivity contribution is 9.10. The number of likely N-dealkylation sites (tertiary alicyclic amines) is 1. The van der Waals surface area contributed by atoms with E-state index in [9.17, 15) is 14.3 Å². The fraction of sp³-hybridized carbons (Fsp3) is 0.500. The Kier molecular flexibility index (Phi) is 4.26. The van der Waals surface area contributed by atoms with Gasteiger partial charge in [-0.15, -0.1) is 0 Å². The lowest BCUT2D eigenvalue weighted by atomic mass is 9.89. The molecular weight excluding hydrogens is 313 g/mol. The lowest BCUT2D eigenvalue weighted by Crippen LogP contribution is -2.29. The number of halogens is 2. The minimum Gasteiger partial charge on any atom is -0.481 e. The standard InChI is InChI=1S/C14H17BrFNO2/c1-8(2)17-6-10(11(7-17)14(18)19)9-3-4-12(15)13(16)5-9/h3-5,8,10-11H,6-7H2,1-2H3,(H,18,19). The number of carboxylic acid groups (broad SMARTS) is 1. The summed E-state index contributed by atoms with van der Waals surface area (Å²) in [6.45, 7) is 5.28. The van der Waals surface area contributed by atoms with Gasteiger partial charge in [-0.3, -0.25) is 9.69 Å². The third kappa shape index (κ3) is 2.98. The summed E-state index contributed by atoms with van der Waals surface area (Å²) >= 11 is 3.12. The molecule has 0 aliphatic carbocycles. The maximum atomic E-state index is 13.6. The van der Waals surface area contributed by atoms with Crippen molar-refractivity contribution in [3.63, 3.8) is 0 Å². The van der Waals surface area contributed by atoms with Crippen molar-refractivity contribution in [3.8, 4) is 0 Å². The van der Waals surface area contributed by atoms with Gasteiger partial charge in [0.05, 0.1) is 10.4 Å². The van der Waals surface area contributed by atoms with Crippen LogP contribution in [0.1, 0.15) is 25.3 Å². The second-order valence-electron chi connectivity index (χ2n) is 5.27. The summed E-state index contributed by atoms with van der Waals surface area (Å²) in [5, 5.41) is 9.34. The van der Waals surface area contributed by atoms with Gasteiger partial charge in [0, 0.05) is 25.0 Å². The minimum absolute atomic E-state index is 0.150. The molecule has 1 fully saturated rings. The van der Waals surface area contributed by atoms with Crippen molar-refractivity contribution >= 4 is 21.9 Å². The maximum Gasteiger partial charge on any atom is 0.308 e. The van der Waals surface area contributed by atoms with Crippen LogP contribution in [0.4, 0.5) is 4.39 Å². The van der Waals surface area contributed by atoms with Gasteiger partial charge in [0.1, 0.15) is 5.82 Å². The number of carbonyl (C=O) groups is 1. The second kappa shape index (κ2) is 5.59. The first-order chi connectivity index (χ1) is 8.90. The first-order valence-electron chi connectivity index (χ1n) is 6.32. The van der Waals surface area contributed by atoms with Gasteiger partial charge < -0.3 is 5.11 Å². The number of hydrogen-bond acceptors (Lipinski definition) is 2. The first-order valence-corrected chi connectivity index (χ1v) is 7.11. The van der Waals surface area contributed by atoms with E-state index in [4.69, 9.17) is 0 Å². The number of hydrogen-bond donors (Lipinski definition) is 1. The molecule has 2 atom stereocenters. The van der Waals surface area contributed by atoms with E-state index in [1.165, 1.54) is 6.07 Å². The highest BCUT2D eigenvalue weighted by Crippen LogP contribution is 2.35. The van der Waals surface area contributed by atoms with Crippen LogP contribution in [0, 0.1) is 11.7 Å². The number of nitrogens with zero attached hydrogens (tertiary/aromatic N) is 1. The predicted molar refractivity (Wildman–Crippen MR) is 74.7 cm³/mol. The molecule has 1 heterocycles. The van der Waals surface area contributed by atoms with Crippen molar-refractivity contribution in [1.82, 2.24) is 4.90 Å². The highest BCUT2D eigenvalue weighted by atomic mass is 79.9. The fourth-order valence-corrected chi connectivity index (χ4v) is 2.83. The Morgan fingerprint density at radius 2 is 2.16 bits per heavy atom. The summed E-state index contributed by atoms with van der Waals surface area (Å²) in [5.74, 6) is -1.77. The molecule has 104 valence electrons. The van der Waals surface area contributed by atoms with Crippen LogP contribution in [0.5, 0.6) is 0 Å². The van der Waals surface area contributed by atoms with Crippen LogP contribution in [0.2, 0.25) is 0 Å². The monoisotopic (exact) mass is 329 g/mol. The van der Waals surface area contributed by atoms with Gasteiger partial charge in [-0.1, -0.05) is 6.07 Å². The summed E-state index contributed by atoms with van der Waals surface area (Å²) in [4.78, 5) is 13.5. The number of benzene rings is 1. The molecule has 0 bridgehead atoms. The molecule has 1 aliphatic rings. The van der Waals surface area contributed by atoms with Crippen molar-refractivity contribution in [2.24, 2.45) is 5.92 Å². The van der Waals surface area contributed by atoms with E-state index in [1.54, 1.807) is 12.1 Å². The molecule has 5 heteroatoms. The second-order valence-corrected chi connectivity index (χ2v) is 6.13. The molecule has 19 heavy (non-hydrogen) atoms. The predicted octanol–water partition coefficient (Wildman–Crippen LogP) is 3.10. The Labute approximate surface area is 120 Å². The SMILES string of the molecule is CC(C)N1CC(C(=O)O)C(c2ccc(Br)c(F)c2)C1. The van der Waals surface area contributed by atoms with Crippen molar-refractivity contribution in [1.29, 1.82) is 0 Å². The van der Waals surface area contributed by atoms with Gasteiger partial charge in [-0.25, -0.2) is 4.39 Å². The molecule has 1 saturated heterocycles. The normalized spacial score (nSPS) is 24.1. The zero-order chi connectivity index (χ0) is 14.2. The van der Waals surface area contributed by atoms with Crippen LogP contribution >= 0.6 is 15.9 Å². The third-order valence-electron chi connectivity index (χ3n) is 3.77. The van der Waals surface area contributed by atoms with Crippen LogP contribution in [0.25, 0.3) is 0 Å². The lowest BCUT2D eigenvalue weighted by molar-refractivity contribution is -0.141.